The van der Waals surface area contributed by atoms with Gasteiger partial charge in [-0.15, -0.1) is 0 Å². The van der Waals surface area contributed by atoms with E-state index in [1.165, 1.54) is 0 Å². The summed E-state index contributed by atoms with van der Waals surface area (Å²) in [6.45, 7) is 7.52. The van der Waals surface area contributed by atoms with Gasteiger partial charge in [-0.25, -0.2) is 0 Å². The van der Waals surface area contributed by atoms with E-state index in [-0.39, 0.29) is 6.10 Å². The Kier molecular flexibility index (Phi) is 4.23. The van der Waals surface area contributed by atoms with Gasteiger partial charge in [0.05, 0.1) is 29.1 Å². The van der Waals surface area contributed by atoms with E-state index in [2.05, 4.69) is 16.1 Å². The van der Waals surface area contributed by atoms with Crippen LogP contribution in [0.2, 0.25) is 5.02 Å². The van der Waals surface area contributed by atoms with Crippen molar-refractivity contribution >= 4 is 11.6 Å². The van der Waals surface area contributed by atoms with Crippen molar-refractivity contribution in [3.8, 4) is 6.07 Å². The number of morpholine rings is 1. The molecule has 0 spiro atoms. The highest BCUT2D eigenvalue weighted by Gasteiger charge is 2.22. The summed E-state index contributed by atoms with van der Waals surface area (Å²) in [6.07, 6.45) is -0.336. The number of hydrogen-bond donors (Lipinski definition) is 0. The molecule has 0 aliphatic carbocycles. The normalized spacial score (nSPS) is 20.9. The smallest absolute Gasteiger partial charge is 0.156 e. The van der Waals surface area contributed by atoms with Gasteiger partial charge in [-0.1, -0.05) is 11.6 Å². The summed E-state index contributed by atoms with van der Waals surface area (Å²) >= 11 is 6.28. The van der Waals surface area contributed by atoms with Gasteiger partial charge in [0.15, 0.2) is 6.10 Å². The standard InChI is InChI=1S/C12H17ClN4O/c1-3-17-11(12(13)9(2)15-17)8-16-4-5-18-10(6-14)7-16/h10H,3-5,7-8H2,1-2H3. The largest absolute Gasteiger partial charge is 0.361 e. The highest BCUT2D eigenvalue weighted by Crippen LogP contribution is 2.22. The predicted molar refractivity (Wildman–Crippen MR) is 68.3 cm³/mol. The Bertz CT molecular complexity index is 465. The maximum Gasteiger partial charge on any atom is 0.156 e. The highest BCUT2D eigenvalue weighted by molar-refractivity contribution is 6.31. The van der Waals surface area contributed by atoms with E-state index in [4.69, 9.17) is 21.6 Å². The predicted octanol–water partition coefficient (Wildman–Crippen LogP) is 1.59. The molecule has 18 heavy (non-hydrogen) atoms. The third-order valence-corrected chi connectivity index (χ3v) is 3.61. The number of nitriles is 1. The molecule has 0 saturated carbocycles. The van der Waals surface area contributed by atoms with Crippen LogP contribution in [0, 0.1) is 18.3 Å². The summed E-state index contributed by atoms with van der Waals surface area (Å²) in [6, 6.07) is 2.15. The molecule has 1 aliphatic heterocycles. The molecular formula is C12H17ClN4O. The molecule has 0 radical (unpaired) electrons. The zero-order chi connectivity index (χ0) is 13.1. The number of halogens is 1. The molecule has 98 valence electrons. The lowest BCUT2D eigenvalue weighted by Gasteiger charge is -2.29. The average Bonchev–Trinajstić information content (AvgIpc) is 2.67. The highest BCUT2D eigenvalue weighted by atomic mass is 35.5. The van der Waals surface area contributed by atoms with Crippen molar-refractivity contribution in [3.63, 3.8) is 0 Å². The van der Waals surface area contributed by atoms with Crippen molar-refractivity contribution in [2.24, 2.45) is 0 Å². The van der Waals surface area contributed by atoms with Crippen LogP contribution in [-0.4, -0.2) is 40.5 Å². The number of aromatic nitrogens is 2. The summed E-state index contributed by atoms with van der Waals surface area (Å²) in [7, 11) is 0. The van der Waals surface area contributed by atoms with Crippen molar-refractivity contribution in [2.75, 3.05) is 19.7 Å². The molecule has 1 aromatic rings. The van der Waals surface area contributed by atoms with Crippen LogP contribution in [-0.2, 0) is 17.8 Å². The molecule has 0 bridgehead atoms. The minimum atomic E-state index is -0.336. The zero-order valence-electron chi connectivity index (χ0n) is 10.7. The Labute approximate surface area is 112 Å². The van der Waals surface area contributed by atoms with Crippen LogP contribution in [0.5, 0.6) is 0 Å². The first-order chi connectivity index (χ1) is 8.65. The summed E-state index contributed by atoms with van der Waals surface area (Å²) in [5.74, 6) is 0. The van der Waals surface area contributed by atoms with Crippen LogP contribution in [0.25, 0.3) is 0 Å². The lowest BCUT2D eigenvalue weighted by Crippen LogP contribution is -2.41. The van der Waals surface area contributed by atoms with Crippen LogP contribution in [0.4, 0.5) is 0 Å². The van der Waals surface area contributed by atoms with Crippen LogP contribution in [0.15, 0.2) is 0 Å². The van der Waals surface area contributed by atoms with Crippen LogP contribution in [0.1, 0.15) is 18.3 Å². The Morgan fingerprint density at radius 2 is 2.39 bits per heavy atom. The molecular weight excluding hydrogens is 252 g/mol. The maximum atomic E-state index is 8.89. The zero-order valence-corrected chi connectivity index (χ0v) is 11.4. The minimum Gasteiger partial charge on any atom is -0.361 e. The molecule has 1 unspecified atom stereocenters. The second-order valence-corrected chi connectivity index (χ2v) is 4.76. The quantitative estimate of drug-likeness (QED) is 0.835. The lowest BCUT2D eigenvalue weighted by molar-refractivity contribution is -0.00356. The Balaban J connectivity index is 2.11. The number of rotatable bonds is 3. The van der Waals surface area contributed by atoms with E-state index in [1.807, 2.05) is 18.5 Å². The van der Waals surface area contributed by atoms with Crippen molar-refractivity contribution in [1.82, 2.24) is 14.7 Å². The molecule has 0 amide bonds. The first-order valence-electron chi connectivity index (χ1n) is 6.11. The Hall–Kier alpha value is -1.09. The van der Waals surface area contributed by atoms with Gasteiger partial charge in [0.25, 0.3) is 0 Å². The van der Waals surface area contributed by atoms with Gasteiger partial charge in [0, 0.05) is 26.2 Å². The van der Waals surface area contributed by atoms with Gasteiger partial charge >= 0.3 is 0 Å². The van der Waals surface area contributed by atoms with E-state index in [9.17, 15) is 0 Å². The topological polar surface area (TPSA) is 54.1 Å². The first-order valence-corrected chi connectivity index (χ1v) is 6.48. The number of hydrogen-bond acceptors (Lipinski definition) is 4. The van der Waals surface area contributed by atoms with Crippen molar-refractivity contribution in [3.05, 3.63) is 16.4 Å². The summed E-state index contributed by atoms with van der Waals surface area (Å²) in [4.78, 5) is 2.19. The van der Waals surface area contributed by atoms with Crippen molar-refractivity contribution in [2.45, 2.75) is 33.0 Å². The van der Waals surface area contributed by atoms with E-state index in [0.717, 1.165) is 36.0 Å². The summed E-state index contributed by atoms with van der Waals surface area (Å²) in [5.41, 5.74) is 1.88. The van der Waals surface area contributed by atoms with E-state index in [1.54, 1.807) is 0 Å². The minimum absolute atomic E-state index is 0.336. The molecule has 2 rings (SSSR count). The third kappa shape index (κ3) is 2.66. The third-order valence-electron chi connectivity index (χ3n) is 3.12. The Morgan fingerprint density at radius 3 is 3.06 bits per heavy atom. The van der Waals surface area contributed by atoms with E-state index < -0.39 is 0 Å². The van der Waals surface area contributed by atoms with Gasteiger partial charge in [-0.3, -0.25) is 9.58 Å². The molecule has 1 fully saturated rings. The monoisotopic (exact) mass is 268 g/mol. The second kappa shape index (κ2) is 5.70. The van der Waals surface area contributed by atoms with Gasteiger partial charge in [0.2, 0.25) is 0 Å². The van der Waals surface area contributed by atoms with Gasteiger partial charge < -0.3 is 4.74 Å². The fourth-order valence-electron chi connectivity index (χ4n) is 2.16. The first kappa shape index (κ1) is 13.3. The fraction of sp³-hybridized carbons (Fsp3) is 0.667. The van der Waals surface area contributed by atoms with E-state index in [0.29, 0.717) is 13.2 Å². The summed E-state index contributed by atoms with van der Waals surface area (Å²) in [5, 5.41) is 14.0. The number of ether oxygens (including phenoxy) is 1. The van der Waals surface area contributed by atoms with Crippen molar-refractivity contribution < 1.29 is 4.74 Å². The van der Waals surface area contributed by atoms with Gasteiger partial charge in [0.1, 0.15) is 0 Å². The molecule has 1 aliphatic rings. The van der Waals surface area contributed by atoms with Crippen molar-refractivity contribution in [1.29, 1.82) is 5.26 Å². The van der Waals surface area contributed by atoms with Crippen LogP contribution in [0.3, 0.4) is 0 Å². The van der Waals surface area contributed by atoms with Crippen LogP contribution < -0.4 is 0 Å². The average molecular weight is 269 g/mol. The van der Waals surface area contributed by atoms with Crippen LogP contribution >= 0.6 is 11.6 Å². The fourth-order valence-corrected chi connectivity index (χ4v) is 2.35. The summed E-state index contributed by atoms with van der Waals surface area (Å²) < 4.78 is 7.25. The molecule has 0 aromatic carbocycles. The van der Waals surface area contributed by atoms with Gasteiger partial charge in [-0.05, 0) is 13.8 Å². The van der Waals surface area contributed by atoms with Gasteiger partial charge in [-0.2, -0.15) is 10.4 Å². The van der Waals surface area contributed by atoms with E-state index >= 15 is 0 Å². The molecule has 1 aromatic heterocycles. The maximum absolute atomic E-state index is 8.89. The number of aryl methyl sites for hydroxylation is 2. The molecule has 5 nitrogen and oxygen atoms in total. The SMILES string of the molecule is CCn1nc(C)c(Cl)c1CN1CCOC(C#N)C1. The number of nitrogens with zero attached hydrogens (tertiary/aromatic N) is 4. The molecule has 1 saturated heterocycles. The lowest BCUT2D eigenvalue weighted by atomic mass is 10.2. The Morgan fingerprint density at radius 1 is 1.61 bits per heavy atom. The molecule has 1 atom stereocenters. The second-order valence-electron chi connectivity index (χ2n) is 4.39. The molecule has 0 N–H and O–H groups in total. The molecule has 6 heteroatoms. The molecule has 2 heterocycles.